The Balaban J connectivity index is 2.79. The second-order valence-electron chi connectivity index (χ2n) is 5.07. The molecule has 4 nitrogen and oxygen atoms in total. The molecule has 0 bridgehead atoms. The fraction of sp³-hybridized carbons (Fsp3) is 0.643. The number of nitrogens with one attached hydrogen (secondary N) is 1. The van der Waals surface area contributed by atoms with Crippen LogP contribution in [0.3, 0.4) is 0 Å². The second-order valence-corrected chi connectivity index (χ2v) is 5.07. The van der Waals surface area contributed by atoms with Crippen LogP contribution in [0.1, 0.15) is 19.4 Å². The number of aromatic nitrogens is 1. The number of hydrogen-bond acceptors (Lipinski definition) is 4. The quantitative estimate of drug-likeness (QED) is 0.728. The number of nitrogens with zero attached hydrogens (tertiary/aromatic N) is 2. The molecule has 1 heterocycles. The van der Waals surface area contributed by atoms with Crippen molar-refractivity contribution in [2.45, 2.75) is 26.8 Å². The summed E-state index contributed by atoms with van der Waals surface area (Å²) in [7, 11) is 0. The van der Waals surface area contributed by atoms with Crippen LogP contribution in [-0.2, 0) is 6.54 Å². The Morgan fingerprint density at radius 2 is 2.15 bits per heavy atom. The molecule has 0 unspecified atom stereocenters. The van der Waals surface area contributed by atoms with Crippen LogP contribution in [0.15, 0.2) is 18.3 Å². The molecule has 114 valence electrons. The Labute approximate surface area is 118 Å². The highest BCUT2D eigenvalue weighted by Crippen LogP contribution is 2.18. The van der Waals surface area contributed by atoms with Crippen LogP contribution in [-0.4, -0.2) is 42.8 Å². The molecule has 0 radical (unpaired) electrons. The lowest BCUT2D eigenvalue weighted by Gasteiger charge is -2.25. The molecule has 6 heteroatoms. The molecule has 0 saturated carbocycles. The van der Waals surface area contributed by atoms with Crippen molar-refractivity contribution in [3.05, 3.63) is 23.9 Å². The standard InChI is InChI=1S/C14H23F2N3O/c1-11(2)8-17-9-12-4-3-5-18-14(12)19(6-7-20)10-13(15)16/h3-5,11,13,17,20H,6-10H2,1-2H3. The van der Waals surface area contributed by atoms with Crippen molar-refractivity contribution in [2.75, 3.05) is 31.1 Å². The van der Waals surface area contributed by atoms with Crippen molar-refractivity contribution in [1.82, 2.24) is 10.3 Å². The predicted molar refractivity (Wildman–Crippen MR) is 76.1 cm³/mol. The first-order chi connectivity index (χ1) is 9.54. The summed E-state index contributed by atoms with van der Waals surface area (Å²) in [6.07, 6.45) is -0.878. The van der Waals surface area contributed by atoms with E-state index in [1.54, 1.807) is 12.3 Å². The average molecular weight is 287 g/mol. The molecule has 1 aromatic heterocycles. The summed E-state index contributed by atoms with van der Waals surface area (Å²) in [5, 5.41) is 12.3. The summed E-state index contributed by atoms with van der Waals surface area (Å²) in [6, 6.07) is 3.65. The summed E-state index contributed by atoms with van der Waals surface area (Å²) in [4.78, 5) is 5.62. The molecule has 0 saturated heterocycles. The molecule has 0 atom stereocenters. The monoisotopic (exact) mass is 287 g/mol. The smallest absolute Gasteiger partial charge is 0.255 e. The molecular formula is C14H23F2N3O. The van der Waals surface area contributed by atoms with E-state index < -0.39 is 13.0 Å². The molecule has 2 N–H and O–H groups in total. The van der Waals surface area contributed by atoms with Crippen LogP contribution in [0.5, 0.6) is 0 Å². The lowest BCUT2D eigenvalue weighted by molar-refractivity contribution is 0.152. The molecule has 20 heavy (non-hydrogen) atoms. The van der Waals surface area contributed by atoms with Gasteiger partial charge in [-0.1, -0.05) is 19.9 Å². The number of aliphatic hydroxyl groups is 1. The Bertz CT molecular complexity index is 388. The van der Waals surface area contributed by atoms with Gasteiger partial charge in [0, 0.05) is 24.8 Å². The Morgan fingerprint density at radius 3 is 2.75 bits per heavy atom. The molecule has 0 amide bonds. The molecule has 1 rings (SSSR count). The van der Waals surface area contributed by atoms with Crippen LogP contribution < -0.4 is 10.2 Å². The van der Waals surface area contributed by atoms with Crippen LogP contribution in [0.25, 0.3) is 0 Å². The Kier molecular flexibility index (Phi) is 7.40. The van der Waals surface area contributed by atoms with E-state index in [-0.39, 0.29) is 13.2 Å². The van der Waals surface area contributed by atoms with E-state index in [0.29, 0.717) is 18.3 Å². The van der Waals surface area contributed by atoms with Crippen LogP contribution in [0.2, 0.25) is 0 Å². The third-order valence-electron chi connectivity index (χ3n) is 2.76. The molecular weight excluding hydrogens is 264 g/mol. The van der Waals surface area contributed by atoms with Gasteiger partial charge in [0.05, 0.1) is 13.2 Å². The second kappa shape index (κ2) is 8.81. The van der Waals surface area contributed by atoms with Crippen molar-refractivity contribution < 1.29 is 13.9 Å². The predicted octanol–water partition coefficient (Wildman–Crippen LogP) is 1.89. The largest absolute Gasteiger partial charge is 0.395 e. The maximum Gasteiger partial charge on any atom is 0.255 e. The van der Waals surface area contributed by atoms with Crippen molar-refractivity contribution in [3.8, 4) is 0 Å². The summed E-state index contributed by atoms with van der Waals surface area (Å²) in [5.41, 5.74) is 0.863. The highest BCUT2D eigenvalue weighted by molar-refractivity contribution is 5.46. The van der Waals surface area contributed by atoms with Crippen molar-refractivity contribution in [2.24, 2.45) is 5.92 Å². The normalized spacial score (nSPS) is 11.3. The van der Waals surface area contributed by atoms with Crippen LogP contribution in [0, 0.1) is 5.92 Å². The molecule has 0 aliphatic heterocycles. The third-order valence-corrected chi connectivity index (χ3v) is 2.76. The molecule has 0 aromatic carbocycles. The van der Waals surface area contributed by atoms with Crippen molar-refractivity contribution in [1.29, 1.82) is 0 Å². The minimum Gasteiger partial charge on any atom is -0.395 e. The summed E-state index contributed by atoms with van der Waals surface area (Å²) >= 11 is 0. The van der Waals surface area contributed by atoms with Gasteiger partial charge in [-0.25, -0.2) is 13.8 Å². The topological polar surface area (TPSA) is 48.4 Å². The first kappa shape index (κ1) is 16.8. The summed E-state index contributed by atoms with van der Waals surface area (Å²) in [6.45, 7) is 5.18. The fourth-order valence-electron chi connectivity index (χ4n) is 1.92. The zero-order chi connectivity index (χ0) is 15.0. The van der Waals surface area contributed by atoms with Gasteiger partial charge in [0.1, 0.15) is 5.82 Å². The lowest BCUT2D eigenvalue weighted by Crippen LogP contribution is -2.33. The average Bonchev–Trinajstić information content (AvgIpc) is 2.38. The Morgan fingerprint density at radius 1 is 1.40 bits per heavy atom. The van der Waals surface area contributed by atoms with Gasteiger partial charge in [-0.2, -0.15) is 0 Å². The van der Waals surface area contributed by atoms with Gasteiger partial charge in [0.15, 0.2) is 0 Å². The van der Waals surface area contributed by atoms with E-state index in [1.165, 1.54) is 4.90 Å². The first-order valence-electron chi connectivity index (χ1n) is 6.83. The van der Waals surface area contributed by atoms with Gasteiger partial charge in [-0.15, -0.1) is 0 Å². The minimum atomic E-state index is -2.46. The number of anilines is 1. The Hall–Kier alpha value is -1.27. The molecule has 1 aromatic rings. The summed E-state index contributed by atoms with van der Waals surface area (Å²) in [5.74, 6) is 1.03. The number of pyridine rings is 1. The number of hydrogen-bond donors (Lipinski definition) is 2. The highest BCUT2D eigenvalue weighted by Gasteiger charge is 2.16. The van der Waals surface area contributed by atoms with Crippen molar-refractivity contribution in [3.63, 3.8) is 0 Å². The van der Waals surface area contributed by atoms with E-state index in [2.05, 4.69) is 24.1 Å². The zero-order valence-electron chi connectivity index (χ0n) is 12.0. The lowest BCUT2D eigenvalue weighted by atomic mass is 10.2. The van der Waals surface area contributed by atoms with E-state index in [4.69, 9.17) is 5.11 Å². The van der Waals surface area contributed by atoms with E-state index in [1.807, 2.05) is 6.07 Å². The van der Waals surface area contributed by atoms with E-state index in [9.17, 15) is 8.78 Å². The van der Waals surface area contributed by atoms with Gasteiger partial charge in [0.25, 0.3) is 6.43 Å². The number of rotatable bonds is 9. The van der Waals surface area contributed by atoms with Gasteiger partial charge in [-0.05, 0) is 18.5 Å². The van der Waals surface area contributed by atoms with Crippen molar-refractivity contribution >= 4 is 5.82 Å². The molecule has 0 spiro atoms. The SMILES string of the molecule is CC(C)CNCc1cccnc1N(CCO)CC(F)F. The number of alkyl halides is 2. The molecule has 0 aliphatic carbocycles. The number of aliphatic hydroxyl groups excluding tert-OH is 1. The van der Waals surface area contributed by atoms with Crippen LogP contribution >= 0.6 is 0 Å². The minimum absolute atomic E-state index is 0.151. The zero-order valence-corrected chi connectivity index (χ0v) is 12.0. The number of halogens is 2. The molecule has 0 fully saturated rings. The summed E-state index contributed by atoms with van der Waals surface area (Å²) < 4.78 is 25.2. The maximum atomic E-state index is 12.6. The maximum absolute atomic E-state index is 12.6. The van der Waals surface area contributed by atoms with E-state index >= 15 is 0 Å². The van der Waals surface area contributed by atoms with Crippen LogP contribution in [0.4, 0.5) is 14.6 Å². The fourth-order valence-corrected chi connectivity index (χ4v) is 1.92. The van der Waals surface area contributed by atoms with Gasteiger partial charge < -0.3 is 15.3 Å². The van der Waals surface area contributed by atoms with Gasteiger partial charge in [-0.3, -0.25) is 0 Å². The highest BCUT2D eigenvalue weighted by atomic mass is 19.3. The molecule has 0 aliphatic rings. The first-order valence-corrected chi connectivity index (χ1v) is 6.83. The van der Waals surface area contributed by atoms with E-state index in [0.717, 1.165) is 12.1 Å². The van der Waals surface area contributed by atoms with Gasteiger partial charge >= 0.3 is 0 Å². The third kappa shape index (κ3) is 5.79. The van der Waals surface area contributed by atoms with Gasteiger partial charge in [0.2, 0.25) is 0 Å².